The molecule has 0 saturated heterocycles. The van der Waals surface area contributed by atoms with E-state index in [1.807, 2.05) is 0 Å². The smallest absolute Gasteiger partial charge is 0.344 e. The predicted molar refractivity (Wildman–Crippen MR) is 16.3 cm³/mol. The van der Waals surface area contributed by atoms with Gasteiger partial charge in [0, 0.05) is 0 Å². The topological polar surface area (TPSA) is 35.0 Å². The summed E-state index contributed by atoms with van der Waals surface area (Å²) in [5.41, 5.74) is 0. The molecule has 0 bridgehead atoms. The van der Waals surface area contributed by atoms with Crippen molar-refractivity contribution in [2.45, 2.75) is 0 Å². The molecule has 0 rings (SSSR count). The van der Waals surface area contributed by atoms with Gasteiger partial charge >= 0.3 is 19.5 Å². The molecule has 0 aliphatic rings. The van der Waals surface area contributed by atoms with Gasteiger partial charge in [0.05, 0.1) is 0 Å². The monoisotopic (exact) mass is 109 g/mol. The number of hydrogen-bond donors (Lipinski definition) is 1. The summed E-state index contributed by atoms with van der Waals surface area (Å²) in [5.74, 6) is 0. The molecule has 2 heteroatoms. The van der Waals surface area contributed by atoms with Crippen molar-refractivity contribution in [2.75, 3.05) is 0 Å². The van der Waals surface area contributed by atoms with Gasteiger partial charge in [-0.25, -0.2) is 0 Å². The minimum Gasteiger partial charge on any atom is -0.344 e. The molecule has 20 valence electrons. The van der Waals surface area contributed by atoms with E-state index in [0.29, 0.717) is 0 Å². The average molecular weight is 110 g/mol. The van der Waals surface area contributed by atoms with Crippen LogP contribution < -0.4 is 6.15 Å². The molecule has 0 amide bonds. The molecule has 0 unspecified atom stereocenters. The van der Waals surface area contributed by atoms with Gasteiger partial charge in [0.25, 0.3) is 0 Å². The first-order valence-electron chi connectivity index (χ1n) is 0.500. The van der Waals surface area contributed by atoms with E-state index in [1.54, 1.807) is 0 Å². The Balaban J connectivity index is -0.00000000500. The zero-order valence-corrected chi connectivity index (χ0v) is 5.80. The standard InChI is InChI=1S/C2H4.H3N.Zn/c1-2;;/h1-2H2;1H3;/q;;+2. The van der Waals surface area contributed by atoms with Crippen molar-refractivity contribution in [1.29, 1.82) is 0 Å². The Hall–Kier alpha value is 0.323. The van der Waals surface area contributed by atoms with E-state index in [0.717, 1.165) is 0 Å². The maximum atomic E-state index is 3.00. The van der Waals surface area contributed by atoms with Gasteiger partial charge in [-0.15, -0.1) is 13.2 Å². The van der Waals surface area contributed by atoms with Crippen molar-refractivity contribution in [3.8, 4) is 0 Å². The molecule has 0 saturated carbocycles. The van der Waals surface area contributed by atoms with E-state index >= 15 is 0 Å². The first kappa shape index (κ1) is 27.3. The molecule has 0 heterocycles. The number of rotatable bonds is 0. The Morgan fingerprint density at radius 2 is 1.00 bits per heavy atom. The summed E-state index contributed by atoms with van der Waals surface area (Å²) in [6.45, 7) is 6.00. The Morgan fingerprint density at radius 3 is 1.00 bits per heavy atom. The SMILES string of the molecule is C=C.N.[Zn+2]. The minimum absolute atomic E-state index is 0. The van der Waals surface area contributed by atoms with Crippen LogP contribution in [-0.4, -0.2) is 0 Å². The first-order valence-corrected chi connectivity index (χ1v) is 0.500. The Morgan fingerprint density at radius 1 is 1.00 bits per heavy atom. The average Bonchev–Trinajstić information content (AvgIpc) is 1.00. The fourth-order valence-corrected chi connectivity index (χ4v) is 0. The van der Waals surface area contributed by atoms with Gasteiger partial charge in [-0.05, 0) is 0 Å². The third-order valence-electron chi connectivity index (χ3n) is 0. The quantitative estimate of drug-likeness (QED) is 0.366. The second-order valence-corrected chi connectivity index (χ2v) is 0. The molecule has 0 spiro atoms. The molecule has 1 nitrogen and oxygen atoms in total. The van der Waals surface area contributed by atoms with Crippen molar-refractivity contribution < 1.29 is 19.5 Å². The second-order valence-electron chi connectivity index (χ2n) is 0. The summed E-state index contributed by atoms with van der Waals surface area (Å²) in [7, 11) is 0. The van der Waals surface area contributed by atoms with Crippen LogP contribution in [-0.2, 0) is 19.5 Å². The molecule has 0 radical (unpaired) electrons. The van der Waals surface area contributed by atoms with Gasteiger partial charge in [-0.3, -0.25) is 0 Å². The van der Waals surface area contributed by atoms with Crippen LogP contribution in [0.1, 0.15) is 0 Å². The molecule has 0 aromatic carbocycles. The van der Waals surface area contributed by atoms with Gasteiger partial charge < -0.3 is 6.15 Å². The van der Waals surface area contributed by atoms with Crippen LogP contribution in [0.3, 0.4) is 0 Å². The zero-order chi connectivity index (χ0) is 2.00. The molecule has 0 fully saturated rings. The Kier molecular flexibility index (Phi) is 1170. The predicted octanol–water partition coefficient (Wildman–Crippen LogP) is 0.962. The molecule has 3 N–H and O–H groups in total. The fourth-order valence-electron chi connectivity index (χ4n) is 0. The van der Waals surface area contributed by atoms with Crippen LogP contribution in [0.15, 0.2) is 13.2 Å². The normalized spacial score (nSPS) is 1.00. The molecule has 4 heavy (non-hydrogen) atoms. The summed E-state index contributed by atoms with van der Waals surface area (Å²) in [6, 6.07) is 0. The number of hydrogen-bond acceptors (Lipinski definition) is 1. The van der Waals surface area contributed by atoms with E-state index in [1.165, 1.54) is 0 Å². The van der Waals surface area contributed by atoms with Crippen LogP contribution in [0.2, 0.25) is 0 Å². The van der Waals surface area contributed by atoms with Crippen LogP contribution in [0.4, 0.5) is 0 Å². The van der Waals surface area contributed by atoms with Crippen molar-refractivity contribution in [3.05, 3.63) is 13.2 Å². The van der Waals surface area contributed by atoms with Crippen molar-refractivity contribution in [3.63, 3.8) is 0 Å². The van der Waals surface area contributed by atoms with Crippen molar-refractivity contribution in [2.24, 2.45) is 0 Å². The van der Waals surface area contributed by atoms with E-state index in [2.05, 4.69) is 13.2 Å². The third-order valence-corrected chi connectivity index (χ3v) is 0. The summed E-state index contributed by atoms with van der Waals surface area (Å²) >= 11 is 0. The summed E-state index contributed by atoms with van der Waals surface area (Å²) in [4.78, 5) is 0. The van der Waals surface area contributed by atoms with Crippen LogP contribution in [0.5, 0.6) is 0 Å². The van der Waals surface area contributed by atoms with E-state index in [4.69, 9.17) is 0 Å². The van der Waals surface area contributed by atoms with Gasteiger partial charge in [0.15, 0.2) is 0 Å². The third kappa shape index (κ3) is 38.9. The Labute approximate surface area is 39.4 Å². The minimum atomic E-state index is 0. The molecule has 0 atom stereocenters. The van der Waals surface area contributed by atoms with Gasteiger partial charge in [0.2, 0.25) is 0 Å². The van der Waals surface area contributed by atoms with E-state index < -0.39 is 0 Å². The van der Waals surface area contributed by atoms with Crippen LogP contribution >= 0.6 is 0 Å². The fraction of sp³-hybridized carbons (Fsp3) is 0. The van der Waals surface area contributed by atoms with Crippen LogP contribution in [0, 0.1) is 0 Å². The van der Waals surface area contributed by atoms with Crippen molar-refractivity contribution >= 4 is 0 Å². The molecule has 0 aromatic heterocycles. The maximum Gasteiger partial charge on any atom is 2.00 e. The van der Waals surface area contributed by atoms with E-state index in [-0.39, 0.29) is 25.6 Å². The van der Waals surface area contributed by atoms with E-state index in [9.17, 15) is 0 Å². The summed E-state index contributed by atoms with van der Waals surface area (Å²) in [6.07, 6.45) is 0. The molecular weight excluding hydrogens is 103 g/mol. The molecular formula is C2H7NZn+2. The molecule has 0 aromatic rings. The largest absolute Gasteiger partial charge is 2.00 e. The maximum absolute atomic E-state index is 3.00. The van der Waals surface area contributed by atoms with Crippen LogP contribution in [0.25, 0.3) is 0 Å². The molecule has 0 aliphatic heterocycles. The Bertz CT molecular complexity index is 6.00. The van der Waals surface area contributed by atoms with Gasteiger partial charge in [-0.1, -0.05) is 0 Å². The first-order chi connectivity index (χ1) is 1.00. The molecule has 0 aliphatic carbocycles. The summed E-state index contributed by atoms with van der Waals surface area (Å²) < 4.78 is 0. The van der Waals surface area contributed by atoms with Gasteiger partial charge in [0.1, 0.15) is 0 Å². The van der Waals surface area contributed by atoms with Gasteiger partial charge in [-0.2, -0.15) is 0 Å². The van der Waals surface area contributed by atoms with Crippen molar-refractivity contribution in [1.82, 2.24) is 6.15 Å². The second kappa shape index (κ2) is 172. The zero-order valence-electron chi connectivity index (χ0n) is 2.83. The summed E-state index contributed by atoms with van der Waals surface area (Å²) in [5, 5.41) is 0.